The largest absolute Gasteiger partial charge is 0.338 e. The van der Waals surface area contributed by atoms with E-state index in [4.69, 9.17) is 0 Å². The van der Waals surface area contributed by atoms with Crippen LogP contribution in [0.2, 0.25) is 0 Å². The lowest BCUT2D eigenvalue weighted by atomic mass is 10.1. The van der Waals surface area contributed by atoms with Gasteiger partial charge < -0.3 is 9.88 Å². The number of nitrogens with one attached hydrogen (secondary N) is 1. The van der Waals surface area contributed by atoms with Crippen molar-refractivity contribution in [2.24, 2.45) is 7.05 Å². The molecule has 22 heavy (non-hydrogen) atoms. The summed E-state index contributed by atoms with van der Waals surface area (Å²) in [6.45, 7) is 0. The number of benzene rings is 1. The summed E-state index contributed by atoms with van der Waals surface area (Å²) in [5.74, 6) is 0.632. The molecule has 0 saturated carbocycles. The lowest BCUT2D eigenvalue weighted by molar-refractivity contribution is 0.0941. The average molecular weight is 292 g/mol. The van der Waals surface area contributed by atoms with Crippen LogP contribution in [0.25, 0.3) is 0 Å². The highest BCUT2D eigenvalue weighted by atomic mass is 16.1. The van der Waals surface area contributed by atoms with Crippen molar-refractivity contribution in [3.8, 4) is 0 Å². The minimum atomic E-state index is -0.304. The fourth-order valence-electron chi connectivity index (χ4n) is 2.32. The molecule has 2 aromatic heterocycles. The fraction of sp³-hybridized carbons (Fsp3) is 0.118. The standard InChI is InChI=1S/C17H16N4O/c1-21-12-11-19-16(21)15(13-5-3-2-4-6-13)20-17(22)14-7-9-18-10-8-14/h2-12,15H,1H3,(H,20,22)/t15-/m0/s1. The Hall–Kier alpha value is -2.95. The van der Waals surface area contributed by atoms with Gasteiger partial charge in [0.05, 0.1) is 0 Å². The van der Waals surface area contributed by atoms with Gasteiger partial charge in [0.15, 0.2) is 0 Å². The van der Waals surface area contributed by atoms with Crippen molar-refractivity contribution >= 4 is 5.91 Å². The fourth-order valence-corrected chi connectivity index (χ4v) is 2.32. The number of amides is 1. The Kier molecular flexibility index (Phi) is 3.96. The number of aryl methyl sites for hydroxylation is 1. The van der Waals surface area contributed by atoms with Crippen molar-refractivity contribution in [1.82, 2.24) is 19.9 Å². The number of rotatable bonds is 4. The number of imidazole rings is 1. The molecular formula is C17H16N4O. The van der Waals surface area contributed by atoms with Crippen molar-refractivity contribution in [2.75, 3.05) is 0 Å². The number of carbonyl (C=O) groups excluding carboxylic acids is 1. The van der Waals surface area contributed by atoms with Gasteiger partial charge in [0.1, 0.15) is 11.9 Å². The SMILES string of the molecule is Cn1ccnc1[C@@H](NC(=O)c1ccncc1)c1ccccc1. The van der Waals surface area contributed by atoms with E-state index in [0.29, 0.717) is 5.56 Å². The molecule has 3 aromatic rings. The minimum Gasteiger partial charge on any atom is -0.338 e. The third-order valence-corrected chi connectivity index (χ3v) is 3.47. The van der Waals surface area contributed by atoms with Crippen LogP contribution in [0.4, 0.5) is 0 Å². The van der Waals surface area contributed by atoms with Gasteiger partial charge in [0, 0.05) is 37.4 Å². The summed E-state index contributed by atoms with van der Waals surface area (Å²) in [5, 5.41) is 3.04. The molecule has 1 amide bonds. The van der Waals surface area contributed by atoms with Gasteiger partial charge in [0.2, 0.25) is 0 Å². The van der Waals surface area contributed by atoms with Crippen molar-refractivity contribution in [1.29, 1.82) is 0 Å². The zero-order chi connectivity index (χ0) is 15.4. The minimum absolute atomic E-state index is 0.153. The zero-order valence-electron chi connectivity index (χ0n) is 12.2. The maximum atomic E-state index is 12.5. The van der Waals surface area contributed by atoms with E-state index in [0.717, 1.165) is 11.4 Å². The molecule has 1 aromatic carbocycles. The van der Waals surface area contributed by atoms with Gasteiger partial charge in [-0.05, 0) is 17.7 Å². The van der Waals surface area contributed by atoms with E-state index in [2.05, 4.69) is 15.3 Å². The second kappa shape index (κ2) is 6.22. The first-order chi connectivity index (χ1) is 10.8. The van der Waals surface area contributed by atoms with Crippen LogP contribution in [0.5, 0.6) is 0 Å². The van der Waals surface area contributed by atoms with Gasteiger partial charge in [-0.1, -0.05) is 30.3 Å². The first kappa shape index (κ1) is 14.0. The highest BCUT2D eigenvalue weighted by Gasteiger charge is 2.21. The molecule has 1 atom stereocenters. The Morgan fingerprint density at radius 2 is 1.82 bits per heavy atom. The third-order valence-electron chi connectivity index (χ3n) is 3.47. The molecule has 0 aliphatic rings. The predicted octanol–water partition coefficient (Wildman–Crippen LogP) is 2.33. The molecule has 2 heterocycles. The molecule has 110 valence electrons. The Bertz CT molecular complexity index is 753. The number of aromatic nitrogens is 3. The first-order valence-electron chi connectivity index (χ1n) is 6.99. The quantitative estimate of drug-likeness (QED) is 0.803. The van der Waals surface area contributed by atoms with Crippen LogP contribution < -0.4 is 5.32 Å². The van der Waals surface area contributed by atoms with E-state index in [1.165, 1.54) is 0 Å². The van der Waals surface area contributed by atoms with Crippen LogP contribution in [-0.2, 0) is 7.05 Å². The molecule has 1 N–H and O–H groups in total. The maximum Gasteiger partial charge on any atom is 0.252 e. The first-order valence-corrected chi connectivity index (χ1v) is 6.99. The summed E-state index contributed by atoms with van der Waals surface area (Å²) in [6.07, 6.45) is 6.80. The Morgan fingerprint density at radius 1 is 1.09 bits per heavy atom. The summed E-state index contributed by atoms with van der Waals surface area (Å²) in [7, 11) is 1.91. The lowest BCUT2D eigenvalue weighted by Gasteiger charge is -2.19. The molecule has 0 spiro atoms. The third kappa shape index (κ3) is 2.88. The van der Waals surface area contributed by atoms with Gasteiger partial charge >= 0.3 is 0 Å². The number of carbonyl (C=O) groups is 1. The molecule has 5 heteroatoms. The van der Waals surface area contributed by atoms with E-state index in [1.807, 2.05) is 48.1 Å². The molecule has 0 fully saturated rings. The van der Waals surface area contributed by atoms with E-state index >= 15 is 0 Å². The second-order valence-corrected chi connectivity index (χ2v) is 4.95. The van der Waals surface area contributed by atoms with Crippen LogP contribution >= 0.6 is 0 Å². The van der Waals surface area contributed by atoms with Crippen LogP contribution in [0.15, 0.2) is 67.3 Å². The van der Waals surface area contributed by atoms with Crippen LogP contribution in [0, 0.1) is 0 Å². The number of pyridine rings is 1. The van der Waals surface area contributed by atoms with E-state index in [1.54, 1.807) is 30.7 Å². The van der Waals surface area contributed by atoms with Crippen LogP contribution in [0.3, 0.4) is 0 Å². The second-order valence-electron chi connectivity index (χ2n) is 4.95. The van der Waals surface area contributed by atoms with E-state index in [-0.39, 0.29) is 11.9 Å². The van der Waals surface area contributed by atoms with Crippen molar-refractivity contribution in [3.63, 3.8) is 0 Å². The summed E-state index contributed by atoms with van der Waals surface area (Å²) in [4.78, 5) is 20.8. The highest BCUT2D eigenvalue weighted by molar-refractivity contribution is 5.94. The summed E-state index contributed by atoms with van der Waals surface area (Å²) >= 11 is 0. The monoisotopic (exact) mass is 292 g/mol. The van der Waals surface area contributed by atoms with Crippen LogP contribution in [0.1, 0.15) is 27.8 Å². The molecule has 0 aliphatic carbocycles. The smallest absolute Gasteiger partial charge is 0.252 e. The molecule has 5 nitrogen and oxygen atoms in total. The molecule has 0 bridgehead atoms. The highest BCUT2D eigenvalue weighted by Crippen LogP contribution is 2.20. The Morgan fingerprint density at radius 3 is 2.45 bits per heavy atom. The predicted molar refractivity (Wildman–Crippen MR) is 83.2 cm³/mol. The number of hydrogen-bond donors (Lipinski definition) is 1. The van der Waals surface area contributed by atoms with Crippen molar-refractivity contribution in [3.05, 3.63) is 84.2 Å². The van der Waals surface area contributed by atoms with Gasteiger partial charge in [-0.15, -0.1) is 0 Å². The molecule has 0 aliphatic heterocycles. The number of hydrogen-bond acceptors (Lipinski definition) is 3. The molecule has 0 radical (unpaired) electrons. The Balaban J connectivity index is 1.93. The zero-order valence-corrected chi connectivity index (χ0v) is 12.2. The maximum absolute atomic E-state index is 12.5. The normalized spacial score (nSPS) is 11.9. The lowest BCUT2D eigenvalue weighted by Crippen LogP contribution is -2.31. The topological polar surface area (TPSA) is 59.8 Å². The van der Waals surface area contributed by atoms with E-state index in [9.17, 15) is 4.79 Å². The molecule has 3 rings (SSSR count). The molecular weight excluding hydrogens is 276 g/mol. The Labute approximate surface area is 128 Å². The average Bonchev–Trinajstić information content (AvgIpc) is 3.00. The van der Waals surface area contributed by atoms with Crippen molar-refractivity contribution < 1.29 is 4.79 Å². The van der Waals surface area contributed by atoms with Gasteiger partial charge in [-0.25, -0.2) is 4.98 Å². The van der Waals surface area contributed by atoms with Gasteiger partial charge in [-0.2, -0.15) is 0 Å². The van der Waals surface area contributed by atoms with Crippen LogP contribution in [-0.4, -0.2) is 20.4 Å². The van der Waals surface area contributed by atoms with Gasteiger partial charge in [-0.3, -0.25) is 9.78 Å². The van der Waals surface area contributed by atoms with E-state index < -0.39 is 0 Å². The summed E-state index contributed by atoms with van der Waals surface area (Å²) < 4.78 is 1.91. The molecule has 0 unspecified atom stereocenters. The molecule has 0 saturated heterocycles. The summed E-state index contributed by atoms with van der Waals surface area (Å²) in [6, 6.07) is 12.9. The number of nitrogens with zero attached hydrogens (tertiary/aromatic N) is 3. The van der Waals surface area contributed by atoms with Crippen molar-refractivity contribution in [2.45, 2.75) is 6.04 Å². The summed E-state index contributed by atoms with van der Waals surface area (Å²) in [5.41, 5.74) is 1.56. The van der Waals surface area contributed by atoms with Gasteiger partial charge in [0.25, 0.3) is 5.91 Å².